The first kappa shape index (κ1) is 15.8. The van der Waals surface area contributed by atoms with Crippen LogP contribution in [0.15, 0.2) is 5.16 Å². The Balaban J connectivity index is 2.86. The molecule has 1 fully saturated rings. The molecular weight excluding hydrogens is 244 g/mol. The molecule has 6 heteroatoms. The average molecular weight is 270 g/mol. The Hall–Kier alpha value is -1.30. The monoisotopic (exact) mass is 270 g/mol. The van der Waals surface area contributed by atoms with Gasteiger partial charge in [-0.3, -0.25) is 4.79 Å². The number of hydrogen-bond donors (Lipinski definition) is 2. The quantitative estimate of drug-likeness (QED) is 0.341. The second kappa shape index (κ2) is 6.23. The molecule has 1 aliphatic heterocycles. The SMILES string of the molecule is CCC(C)(C(=O)N1CCCC(N(C)C)C1)C(N)=NO. The summed E-state index contributed by atoms with van der Waals surface area (Å²) in [5.41, 5.74) is 4.79. The van der Waals surface area contributed by atoms with Crippen LogP contribution in [0, 0.1) is 5.41 Å². The minimum absolute atomic E-state index is 0.00743. The van der Waals surface area contributed by atoms with Crippen molar-refractivity contribution in [2.24, 2.45) is 16.3 Å². The summed E-state index contributed by atoms with van der Waals surface area (Å²) in [6.45, 7) is 5.07. The zero-order valence-corrected chi connectivity index (χ0v) is 12.4. The van der Waals surface area contributed by atoms with E-state index in [1.165, 1.54) is 0 Å². The third-order valence-electron chi connectivity index (χ3n) is 4.27. The lowest BCUT2D eigenvalue weighted by Crippen LogP contribution is -2.54. The van der Waals surface area contributed by atoms with Gasteiger partial charge in [-0.1, -0.05) is 12.1 Å². The smallest absolute Gasteiger partial charge is 0.236 e. The summed E-state index contributed by atoms with van der Waals surface area (Å²) in [6, 6.07) is 0.381. The molecule has 6 nitrogen and oxygen atoms in total. The van der Waals surface area contributed by atoms with Crippen molar-refractivity contribution in [3.05, 3.63) is 0 Å². The first-order valence-corrected chi connectivity index (χ1v) is 6.80. The van der Waals surface area contributed by atoms with Crippen molar-refractivity contribution < 1.29 is 10.0 Å². The highest BCUT2D eigenvalue weighted by Crippen LogP contribution is 2.27. The Morgan fingerprint density at radius 1 is 1.58 bits per heavy atom. The number of nitrogens with zero attached hydrogens (tertiary/aromatic N) is 3. The molecule has 1 saturated heterocycles. The minimum Gasteiger partial charge on any atom is -0.409 e. The molecule has 110 valence electrons. The highest BCUT2D eigenvalue weighted by atomic mass is 16.4. The molecule has 0 aromatic rings. The number of piperidine rings is 1. The van der Waals surface area contributed by atoms with Crippen molar-refractivity contribution in [3.63, 3.8) is 0 Å². The van der Waals surface area contributed by atoms with Crippen LogP contribution in [0.3, 0.4) is 0 Å². The van der Waals surface area contributed by atoms with Gasteiger partial charge in [-0.05, 0) is 40.3 Å². The standard InChI is InChI=1S/C13H26N4O2/c1-5-13(2,11(14)15-19)12(18)17-8-6-7-10(9-17)16(3)4/h10,19H,5-9H2,1-4H3,(H2,14,15). The predicted octanol–water partition coefficient (Wildman–Crippen LogP) is 0.702. The van der Waals surface area contributed by atoms with Crippen molar-refractivity contribution >= 4 is 11.7 Å². The average Bonchev–Trinajstić information content (AvgIpc) is 2.44. The molecule has 0 radical (unpaired) electrons. The molecule has 1 heterocycles. The zero-order chi connectivity index (χ0) is 14.6. The molecule has 0 bridgehead atoms. The number of amides is 1. The van der Waals surface area contributed by atoms with E-state index in [9.17, 15) is 4.79 Å². The lowest BCUT2D eigenvalue weighted by molar-refractivity contribution is -0.140. The van der Waals surface area contributed by atoms with Crippen LogP contribution < -0.4 is 5.73 Å². The predicted molar refractivity (Wildman–Crippen MR) is 75.1 cm³/mol. The Morgan fingerprint density at radius 2 is 2.21 bits per heavy atom. The number of likely N-dealkylation sites (tertiary alicyclic amines) is 1. The van der Waals surface area contributed by atoms with E-state index in [1.54, 1.807) is 6.92 Å². The second-order valence-electron chi connectivity index (χ2n) is 5.68. The van der Waals surface area contributed by atoms with Gasteiger partial charge < -0.3 is 20.7 Å². The van der Waals surface area contributed by atoms with Crippen LogP contribution in [0.1, 0.15) is 33.1 Å². The Morgan fingerprint density at radius 3 is 2.68 bits per heavy atom. The van der Waals surface area contributed by atoms with Crippen molar-refractivity contribution in [2.75, 3.05) is 27.2 Å². The van der Waals surface area contributed by atoms with Crippen LogP contribution >= 0.6 is 0 Å². The summed E-state index contributed by atoms with van der Waals surface area (Å²) in [5.74, 6) is -0.0520. The maximum Gasteiger partial charge on any atom is 0.236 e. The van der Waals surface area contributed by atoms with E-state index in [-0.39, 0.29) is 11.7 Å². The molecule has 0 saturated carbocycles. The van der Waals surface area contributed by atoms with Crippen LogP contribution in [0.2, 0.25) is 0 Å². The van der Waals surface area contributed by atoms with Gasteiger partial charge in [0.1, 0.15) is 5.41 Å². The van der Waals surface area contributed by atoms with E-state index in [1.807, 2.05) is 25.9 Å². The fourth-order valence-electron chi connectivity index (χ4n) is 2.46. The molecule has 19 heavy (non-hydrogen) atoms. The number of nitrogens with two attached hydrogens (primary N) is 1. The first-order chi connectivity index (χ1) is 8.86. The molecule has 1 amide bonds. The maximum atomic E-state index is 12.7. The molecule has 0 aromatic carbocycles. The minimum atomic E-state index is -0.914. The Labute approximate surface area is 115 Å². The number of carbonyl (C=O) groups is 1. The van der Waals surface area contributed by atoms with E-state index in [2.05, 4.69) is 10.1 Å². The molecule has 0 aromatic heterocycles. The van der Waals surface area contributed by atoms with Crippen LogP contribution in [0.5, 0.6) is 0 Å². The number of carbonyl (C=O) groups excluding carboxylic acids is 1. The number of likely N-dealkylation sites (N-methyl/N-ethyl adjacent to an activating group) is 1. The Bertz CT molecular complexity index is 357. The molecule has 0 aliphatic carbocycles. The van der Waals surface area contributed by atoms with Crippen LogP contribution in [-0.4, -0.2) is 60.0 Å². The van der Waals surface area contributed by atoms with E-state index >= 15 is 0 Å². The van der Waals surface area contributed by atoms with Crippen molar-refractivity contribution in [2.45, 2.75) is 39.2 Å². The third kappa shape index (κ3) is 3.18. The number of oxime groups is 1. The van der Waals surface area contributed by atoms with Crippen LogP contribution in [-0.2, 0) is 4.79 Å². The largest absolute Gasteiger partial charge is 0.409 e. The van der Waals surface area contributed by atoms with Gasteiger partial charge in [0, 0.05) is 19.1 Å². The summed E-state index contributed by atoms with van der Waals surface area (Å²) in [6.07, 6.45) is 2.61. The van der Waals surface area contributed by atoms with Gasteiger partial charge in [0.05, 0.1) is 0 Å². The lowest BCUT2D eigenvalue weighted by atomic mass is 9.83. The molecular formula is C13H26N4O2. The topological polar surface area (TPSA) is 82.2 Å². The zero-order valence-electron chi connectivity index (χ0n) is 12.4. The summed E-state index contributed by atoms with van der Waals surface area (Å²) < 4.78 is 0. The summed E-state index contributed by atoms with van der Waals surface area (Å²) in [7, 11) is 4.06. The van der Waals surface area contributed by atoms with Gasteiger partial charge in [-0.2, -0.15) is 0 Å². The molecule has 3 N–H and O–H groups in total. The van der Waals surface area contributed by atoms with Crippen LogP contribution in [0.4, 0.5) is 0 Å². The van der Waals surface area contributed by atoms with Gasteiger partial charge >= 0.3 is 0 Å². The molecule has 2 unspecified atom stereocenters. The first-order valence-electron chi connectivity index (χ1n) is 6.80. The van der Waals surface area contributed by atoms with Crippen molar-refractivity contribution in [3.8, 4) is 0 Å². The van der Waals surface area contributed by atoms with Gasteiger partial charge in [0.15, 0.2) is 5.84 Å². The van der Waals surface area contributed by atoms with Gasteiger partial charge in [-0.25, -0.2) is 0 Å². The fraction of sp³-hybridized carbons (Fsp3) is 0.846. The van der Waals surface area contributed by atoms with Gasteiger partial charge in [-0.15, -0.1) is 0 Å². The van der Waals surface area contributed by atoms with Gasteiger partial charge in [0.2, 0.25) is 5.91 Å². The molecule has 2 atom stereocenters. The summed E-state index contributed by atoms with van der Waals surface area (Å²) in [5, 5.41) is 11.9. The fourth-order valence-corrected chi connectivity index (χ4v) is 2.46. The normalized spacial score (nSPS) is 24.4. The van der Waals surface area contributed by atoms with E-state index in [4.69, 9.17) is 10.9 Å². The number of hydrogen-bond acceptors (Lipinski definition) is 4. The maximum absolute atomic E-state index is 12.7. The number of rotatable bonds is 4. The molecule has 1 aliphatic rings. The third-order valence-corrected chi connectivity index (χ3v) is 4.27. The lowest BCUT2D eigenvalue weighted by Gasteiger charge is -2.40. The highest BCUT2D eigenvalue weighted by molar-refractivity contribution is 6.06. The number of amidine groups is 1. The second-order valence-corrected chi connectivity index (χ2v) is 5.68. The van der Waals surface area contributed by atoms with Gasteiger partial charge in [0.25, 0.3) is 0 Å². The highest BCUT2D eigenvalue weighted by Gasteiger charge is 2.40. The molecule has 1 rings (SSSR count). The van der Waals surface area contributed by atoms with Crippen molar-refractivity contribution in [1.82, 2.24) is 9.80 Å². The van der Waals surface area contributed by atoms with E-state index < -0.39 is 5.41 Å². The Kier molecular flexibility index (Phi) is 5.17. The summed E-state index contributed by atoms with van der Waals surface area (Å²) in [4.78, 5) is 16.6. The van der Waals surface area contributed by atoms with E-state index in [0.717, 1.165) is 19.4 Å². The van der Waals surface area contributed by atoms with E-state index in [0.29, 0.717) is 19.0 Å². The summed E-state index contributed by atoms with van der Waals surface area (Å²) >= 11 is 0. The molecule has 0 spiro atoms. The van der Waals surface area contributed by atoms with Crippen molar-refractivity contribution in [1.29, 1.82) is 0 Å². The van der Waals surface area contributed by atoms with Crippen LogP contribution in [0.25, 0.3) is 0 Å².